The number of benzene rings is 1. The Labute approximate surface area is 153 Å². The molecule has 0 aliphatic carbocycles. The van der Waals surface area contributed by atoms with E-state index in [1.165, 1.54) is 0 Å². The first-order valence-electron chi connectivity index (χ1n) is 9.52. The Morgan fingerprint density at radius 2 is 1.69 bits per heavy atom. The van der Waals surface area contributed by atoms with Gasteiger partial charge in [-0.3, -0.25) is 4.79 Å². The first kappa shape index (κ1) is 17.6. The maximum Gasteiger partial charge on any atom is 0.251 e. The largest absolute Gasteiger partial charge is 0.371 e. The summed E-state index contributed by atoms with van der Waals surface area (Å²) in [7, 11) is 0. The Hall–Kier alpha value is -1.85. The topological polar surface area (TPSA) is 35.6 Å². The van der Waals surface area contributed by atoms with Gasteiger partial charge < -0.3 is 15.1 Å². The Morgan fingerprint density at radius 1 is 1.08 bits per heavy atom. The summed E-state index contributed by atoms with van der Waals surface area (Å²) >= 11 is 0. The van der Waals surface area contributed by atoms with Gasteiger partial charge >= 0.3 is 0 Å². The van der Waals surface area contributed by atoms with E-state index in [9.17, 15) is 13.6 Å². The molecule has 142 valence electrons. The zero-order valence-electron chi connectivity index (χ0n) is 15.5. The van der Waals surface area contributed by atoms with Crippen LogP contribution >= 0.6 is 0 Å². The van der Waals surface area contributed by atoms with Gasteiger partial charge in [-0.2, -0.15) is 0 Å². The van der Waals surface area contributed by atoms with Gasteiger partial charge in [0, 0.05) is 50.4 Å². The first-order valence-corrected chi connectivity index (χ1v) is 9.52. The standard InChI is InChI=1S/C20H27F2N3O/c1-19(2)11-14-13-25(17(19)12-23-18(14)26)16-5-3-15(4-6-16)24-9-7-20(21,22)8-10-24/h3-6,14,17H,7-13H2,1-2H3,(H,23,26). The number of alkyl halides is 2. The molecule has 4 aliphatic heterocycles. The fourth-order valence-corrected chi connectivity index (χ4v) is 4.76. The number of rotatable bonds is 2. The zero-order valence-corrected chi connectivity index (χ0v) is 15.5. The van der Waals surface area contributed by atoms with Crippen molar-refractivity contribution in [1.29, 1.82) is 0 Å². The molecule has 2 atom stereocenters. The summed E-state index contributed by atoms with van der Waals surface area (Å²) < 4.78 is 26.7. The van der Waals surface area contributed by atoms with Crippen LogP contribution in [0.15, 0.2) is 24.3 Å². The van der Waals surface area contributed by atoms with Gasteiger partial charge in [0.05, 0.1) is 12.0 Å². The predicted octanol–water partition coefficient (Wildman–Crippen LogP) is 3.27. The lowest BCUT2D eigenvalue weighted by atomic mass is 9.73. The van der Waals surface area contributed by atoms with Crippen LogP contribution in [0.4, 0.5) is 20.2 Å². The summed E-state index contributed by atoms with van der Waals surface area (Å²) in [6.07, 6.45) is 0.763. The van der Waals surface area contributed by atoms with E-state index in [0.29, 0.717) is 19.6 Å². The van der Waals surface area contributed by atoms with E-state index >= 15 is 0 Å². The second-order valence-electron chi connectivity index (χ2n) is 8.66. The average molecular weight is 363 g/mol. The highest BCUT2D eigenvalue weighted by Gasteiger charge is 2.46. The van der Waals surface area contributed by atoms with Gasteiger partial charge in [-0.15, -0.1) is 0 Å². The van der Waals surface area contributed by atoms with Gasteiger partial charge in [-0.05, 0) is 36.1 Å². The lowest BCUT2D eigenvalue weighted by Gasteiger charge is -2.47. The monoisotopic (exact) mass is 363 g/mol. The number of anilines is 2. The van der Waals surface area contributed by atoms with Crippen LogP contribution in [0.2, 0.25) is 0 Å². The quantitative estimate of drug-likeness (QED) is 0.876. The Bertz CT molecular complexity index is 679. The van der Waals surface area contributed by atoms with Crippen LogP contribution in [-0.2, 0) is 4.79 Å². The number of piperidine rings is 2. The molecule has 0 aromatic heterocycles. The summed E-state index contributed by atoms with van der Waals surface area (Å²) in [6.45, 7) is 6.68. The van der Waals surface area contributed by atoms with Gasteiger partial charge in [0.15, 0.2) is 0 Å². The number of halogens is 2. The fraction of sp³-hybridized carbons (Fsp3) is 0.650. The highest BCUT2D eigenvalue weighted by molar-refractivity contribution is 5.81. The van der Waals surface area contributed by atoms with Crippen molar-refractivity contribution >= 4 is 17.3 Å². The summed E-state index contributed by atoms with van der Waals surface area (Å²) in [4.78, 5) is 16.6. The third kappa shape index (κ3) is 3.14. The van der Waals surface area contributed by atoms with Crippen LogP contribution in [0.1, 0.15) is 33.1 Å². The molecule has 1 aromatic carbocycles. The molecule has 4 fully saturated rings. The van der Waals surface area contributed by atoms with Crippen molar-refractivity contribution in [2.24, 2.45) is 11.3 Å². The number of carbonyl (C=O) groups excluding carboxylic acids is 1. The zero-order chi connectivity index (χ0) is 18.5. The molecule has 0 saturated carbocycles. The molecule has 2 unspecified atom stereocenters. The minimum absolute atomic E-state index is 0.0211. The van der Waals surface area contributed by atoms with Crippen molar-refractivity contribution < 1.29 is 13.6 Å². The minimum Gasteiger partial charge on any atom is -0.371 e. The Balaban J connectivity index is 1.53. The number of hydrogen-bond acceptors (Lipinski definition) is 3. The summed E-state index contributed by atoms with van der Waals surface area (Å²) in [5.41, 5.74) is 2.17. The van der Waals surface area contributed by atoms with E-state index in [0.717, 1.165) is 24.3 Å². The highest BCUT2D eigenvalue weighted by Crippen LogP contribution is 2.42. The van der Waals surface area contributed by atoms with Crippen molar-refractivity contribution in [1.82, 2.24) is 5.32 Å². The molecule has 6 heteroatoms. The Kier molecular flexibility index (Phi) is 4.12. The van der Waals surface area contributed by atoms with Crippen molar-refractivity contribution in [2.75, 3.05) is 36.0 Å². The van der Waals surface area contributed by atoms with Gasteiger partial charge in [0.2, 0.25) is 5.91 Å². The van der Waals surface area contributed by atoms with Crippen LogP contribution in [-0.4, -0.2) is 44.1 Å². The molecule has 4 aliphatic rings. The lowest BCUT2D eigenvalue weighted by molar-refractivity contribution is -0.124. The molecule has 5 rings (SSSR count). The maximum atomic E-state index is 13.4. The number of nitrogens with one attached hydrogen (secondary N) is 1. The molecule has 4 nitrogen and oxygen atoms in total. The summed E-state index contributed by atoms with van der Waals surface area (Å²) in [6, 6.07) is 8.47. The highest BCUT2D eigenvalue weighted by atomic mass is 19.3. The molecule has 4 saturated heterocycles. The second-order valence-corrected chi connectivity index (χ2v) is 8.66. The normalized spacial score (nSPS) is 30.1. The molecule has 26 heavy (non-hydrogen) atoms. The third-order valence-corrected chi connectivity index (χ3v) is 6.35. The number of fused-ring (bicyclic) bond motifs is 4. The molecule has 4 heterocycles. The number of amides is 1. The van der Waals surface area contributed by atoms with Crippen LogP contribution < -0.4 is 15.1 Å². The van der Waals surface area contributed by atoms with Gasteiger partial charge in [0.1, 0.15) is 0 Å². The van der Waals surface area contributed by atoms with Crippen molar-refractivity contribution in [3.05, 3.63) is 24.3 Å². The molecule has 0 radical (unpaired) electrons. The number of hydrogen-bond donors (Lipinski definition) is 1. The van der Waals surface area contributed by atoms with Crippen molar-refractivity contribution in [2.45, 2.75) is 45.1 Å². The van der Waals surface area contributed by atoms with Crippen molar-refractivity contribution in [3.63, 3.8) is 0 Å². The van der Waals surface area contributed by atoms with E-state index in [-0.39, 0.29) is 36.1 Å². The van der Waals surface area contributed by atoms with E-state index in [1.807, 2.05) is 17.0 Å². The smallest absolute Gasteiger partial charge is 0.251 e. The van der Waals surface area contributed by atoms with E-state index in [2.05, 4.69) is 36.2 Å². The van der Waals surface area contributed by atoms with Crippen LogP contribution in [0, 0.1) is 11.3 Å². The van der Waals surface area contributed by atoms with Crippen LogP contribution in [0.3, 0.4) is 0 Å². The maximum absolute atomic E-state index is 13.4. The molecule has 2 bridgehead atoms. The molecular weight excluding hydrogens is 336 g/mol. The molecule has 1 amide bonds. The van der Waals surface area contributed by atoms with E-state index in [4.69, 9.17) is 0 Å². The van der Waals surface area contributed by atoms with Crippen molar-refractivity contribution in [3.8, 4) is 0 Å². The minimum atomic E-state index is -2.52. The Morgan fingerprint density at radius 3 is 2.35 bits per heavy atom. The molecular formula is C20H27F2N3O. The predicted molar refractivity (Wildman–Crippen MR) is 98.9 cm³/mol. The second kappa shape index (κ2) is 6.10. The van der Waals surface area contributed by atoms with Crippen LogP contribution in [0.5, 0.6) is 0 Å². The van der Waals surface area contributed by atoms with E-state index < -0.39 is 5.92 Å². The number of nitrogens with zero attached hydrogens (tertiary/aromatic N) is 2. The lowest BCUT2D eigenvalue weighted by Crippen LogP contribution is -2.53. The molecule has 0 spiro atoms. The molecule has 1 aromatic rings. The van der Waals surface area contributed by atoms with Gasteiger partial charge in [-0.1, -0.05) is 13.8 Å². The number of carbonyl (C=O) groups is 1. The first-order chi connectivity index (χ1) is 12.3. The third-order valence-electron chi connectivity index (χ3n) is 6.35. The summed E-state index contributed by atoms with van der Waals surface area (Å²) in [5, 5.41) is 3.07. The van der Waals surface area contributed by atoms with Crippen LogP contribution in [0.25, 0.3) is 0 Å². The summed E-state index contributed by atoms with van der Waals surface area (Å²) in [5.74, 6) is -2.34. The fourth-order valence-electron chi connectivity index (χ4n) is 4.76. The van der Waals surface area contributed by atoms with Gasteiger partial charge in [-0.25, -0.2) is 8.78 Å². The SMILES string of the molecule is CC1(C)CC2CN(c3ccc(N4CCC(F)(F)CC4)cc3)C1CNC2=O. The molecule has 1 N–H and O–H groups in total. The van der Waals surface area contributed by atoms with Gasteiger partial charge in [0.25, 0.3) is 5.92 Å². The average Bonchev–Trinajstić information content (AvgIpc) is 2.81. The van der Waals surface area contributed by atoms with E-state index in [1.54, 1.807) is 0 Å².